The van der Waals surface area contributed by atoms with Crippen molar-refractivity contribution in [2.45, 2.75) is 6.92 Å². The minimum Gasteiger partial charge on any atom is -0.339 e. The smallest absolute Gasteiger partial charge is 0.238 e. The highest BCUT2D eigenvalue weighted by atomic mass is 35.5. The summed E-state index contributed by atoms with van der Waals surface area (Å²) in [4.78, 5) is 27.5. The summed E-state index contributed by atoms with van der Waals surface area (Å²) in [5.74, 6) is -0.614. The van der Waals surface area contributed by atoms with Crippen LogP contribution in [0.4, 0.5) is 10.1 Å². The fraction of sp³-hybridized carbons (Fsp3) is 0.500. The Hall–Kier alpha value is -1.70. The molecule has 8 heteroatoms. The van der Waals surface area contributed by atoms with Gasteiger partial charge in [-0.1, -0.05) is 6.07 Å². The number of carbonyl (C=O) groups is 2. The first kappa shape index (κ1) is 20.3. The van der Waals surface area contributed by atoms with Crippen LogP contribution < -0.4 is 10.6 Å². The second-order valence-corrected chi connectivity index (χ2v) is 5.82. The average molecular weight is 359 g/mol. The standard InChI is InChI=1S/C16H23FN4O2.ClH/c1-12-3-4-13(9-14(12)17)19-15(22)10-20(2)11-16(23)21-7-5-18-6-8-21;/h3-4,9,18H,5-8,10-11H2,1-2H3,(H,19,22);1H. The maximum atomic E-state index is 13.5. The first-order valence-corrected chi connectivity index (χ1v) is 7.69. The van der Waals surface area contributed by atoms with Crippen LogP contribution in [0.3, 0.4) is 0 Å². The van der Waals surface area contributed by atoms with Crippen molar-refractivity contribution in [1.29, 1.82) is 0 Å². The molecule has 2 rings (SSSR count). The van der Waals surface area contributed by atoms with Gasteiger partial charge in [-0.15, -0.1) is 12.4 Å². The third-order valence-electron chi connectivity index (χ3n) is 3.74. The number of anilines is 1. The molecule has 1 fully saturated rings. The van der Waals surface area contributed by atoms with Crippen molar-refractivity contribution in [3.8, 4) is 0 Å². The van der Waals surface area contributed by atoms with Crippen LogP contribution in [-0.4, -0.2) is 67.9 Å². The van der Waals surface area contributed by atoms with Crippen LogP contribution >= 0.6 is 12.4 Å². The van der Waals surface area contributed by atoms with Crippen molar-refractivity contribution in [3.05, 3.63) is 29.6 Å². The lowest BCUT2D eigenvalue weighted by Gasteiger charge is -2.29. The number of nitrogens with one attached hydrogen (secondary N) is 2. The number of hydrogen-bond acceptors (Lipinski definition) is 4. The number of halogens is 2. The summed E-state index contributed by atoms with van der Waals surface area (Å²) < 4.78 is 13.5. The van der Waals surface area contributed by atoms with Gasteiger partial charge in [-0.2, -0.15) is 0 Å². The highest BCUT2D eigenvalue weighted by molar-refractivity contribution is 5.92. The molecule has 0 aliphatic carbocycles. The number of amides is 2. The maximum absolute atomic E-state index is 13.5. The zero-order valence-electron chi connectivity index (χ0n) is 14.0. The van der Waals surface area contributed by atoms with E-state index in [4.69, 9.17) is 0 Å². The number of hydrogen-bond donors (Lipinski definition) is 2. The van der Waals surface area contributed by atoms with Crippen molar-refractivity contribution < 1.29 is 14.0 Å². The van der Waals surface area contributed by atoms with E-state index in [2.05, 4.69) is 10.6 Å². The van der Waals surface area contributed by atoms with Gasteiger partial charge in [-0.3, -0.25) is 14.5 Å². The number of nitrogens with zero attached hydrogens (tertiary/aromatic N) is 2. The summed E-state index contributed by atoms with van der Waals surface area (Å²) in [6.45, 7) is 4.92. The molecule has 0 unspecified atom stereocenters. The van der Waals surface area contributed by atoms with Gasteiger partial charge < -0.3 is 15.5 Å². The van der Waals surface area contributed by atoms with E-state index in [1.807, 2.05) is 0 Å². The molecule has 1 aromatic rings. The molecular weight excluding hydrogens is 335 g/mol. The Morgan fingerprint density at radius 2 is 1.96 bits per heavy atom. The minimum atomic E-state index is -0.356. The van der Waals surface area contributed by atoms with Crippen LogP contribution in [0, 0.1) is 12.7 Å². The largest absolute Gasteiger partial charge is 0.339 e. The van der Waals surface area contributed by atoms with Crippen LogP contribution in [-0.2, 0) is 9.59 Å². The first-order valence-electron chi connectivity index (χ1n) is 7.69. The van der Waals surface area contributed by atoms with E-state index >= 15 is 0 Å². The Morgan fingerprint density at radius 3 is 2.58 bits per heavy atom. The molecule has 6 nitrogen and oxygen atoms in total. The molecular formula is C16H24ClFN4O2. The molecule has 0 bridgehead atoms. The number of benzene rings is 1. The molecule has 1 aliphatic rings. The predicted molar refractivity (Wildman–Crippen MR) is 94.0 cm³/mol. The molecule has 2 N–H and O–H groups in total. The van der Waals surface area contributed by atoms with Gasteiger partial charge in [0.15, 0.2) is 0 Å². The minimum absolute atomic E-state index is 0. The van der Waals surface area contributed by atoms with Gasteiger partial charge in [0.2, 0.25) is 11.8 Å². The molecule has 1 aromatic carbocycles. The molecule has 1 heterocycles. The van der Waals surface area contributed by atoms with Gasteiger partial charge in [0.05, 0.1) is 13.1 Å². The topological polar surface area (TPSA) is 64.7 Å². The third-order valence-corrected chi connectivity index (χ3v) is 3.74. The Kier molecular flexibility index (Phi) is 8.10. The van der Waals surface area contributed by atoms with Gasteiger partial charge in [0.25, 0.3) is 0 Å². The number of aryl methyl sites for hydroxylation is 1. The molecule has 2 amide bonds. The van der Waals surface area contributed by atoms with Crippen molar-refractivity contribution >= 4 is 29.9 Å². The quantitative estimate of drug-likeness (QED) is 0.819. The predicted octanol–water partition coefficient (Wildman–Crippen LogP) is 0.858. The summed E-state index contributed by atoms with van der Waals surface area (Å²) in [6.07, 6.45) is 0. The van der Waals surface area contributed by atoms with E-state index in [0.717, 1.165) is 13.1 Å². The van der Waals surface area contributed by atoms with Crippen molar-refractivity contribution in [2.75, 3.05) is 51.6 Å². The Labute approximate surface area is 147 Å². The molecule has 0 saturated carbocycles. The monoisotopic (exact) mass is 358 g/mol. The Balaban J connectivity index is 0.00000288. The van der Waals surface area contributed by atoms with E-state index in [9.17, 15) is 14.0 Å². The zero-order chi connectivity index (χ0) is 16.8. The molecule has 24 heavy (non-hydrogen) atoms. The van der Waals surface area contributed by atoms with E-state index in [0.29, 0.717) is 24.3 Å². The number of likely N-dealkylation sites (N-methyl/N-ethyl adjacent to an activating group) is 1. The highest BCUT2D eigenvalue weighted by Crippen LogP contribution is 2.13. The Morgan fingerprint density at radius 1 is 1.29 bits per heavy atom. The van der Waals surface area contributed by atoms with Gasteiger partial charge in [-0.25, -0.2) is 4.39 Å². The molecule has 134 valence electrons. The second kappa shape index (κ2) is 9.56. The number of piperazine rings is 1. The van der Waals surface area contributed by atoms with Crippen LogP contribution in [0.25, 0.3) is 0 Å². The first-order chi connectivity index (χ1) is 11.0. The van der Waals surface area contributed by atoms with Gasteiger partial charge >= 0.3 is 0 Å². The van der Waals surface area contributed by atoms with E-state index in [1.54, 1.807) is 35.9 Å². The van der Waals surface area contributed by atoms with Crippen molar-refractivity contribution in [1.82, 2.24) is 15.1 Å². The fourth-order valence-electron chi connectivity index (χ4n) is 2.42. The third kappa shape index (κ3) is 6.07. The molecule has 0 radical (unpaired) electrons. The van der Waals surface area contributed by atoms with Crippen molar-refractivity contribution in [3.63, 3.8) is 0 Å². The van der Waals surface area contributed by atoms with Crippen LogP contribution in [0.1, 0.15) is 5.56 Å². The SMILES string of the molecule is Cc1ccc(NC(=O)CN(C)CC(=O)N2CCNCC2)cc1F.Cl. The fourth-order valence-corrected chi connectivity index (χ4v) is 2.42. The lowest BCUT2D eigenvalue weighted by atomic mass is 10.2. The summed E-state index contributed by atoms with van der Waals surface area (Å²) in [5, 5.41) is 5.83. The lowest BCUT2D eigenvalue weighted by molar-refractivity contribution is -0.133. The van der Waals surface area contributed by atoms with E-state index in [-0.39, 0.29) is 43.1 Å². The van der Waals surface area contributed by atoms with E-state index in [1.165, 1.54) is 6.07 Å². The summed E-state index contributed by atoms with van der Waals surface area (Å²) >= 11 is 0. The summed E-state index contributed by atoms with van der Waals surface area (Å²) in [5.41, 5.74) is 0.946. The highest BCUT2D eigenvalue weighted by Gasteiger charge is 2.18. The average Bonchev–Trinajstić information content (AvgIpc) is 2.51. The second-order valence-electron chi connectivity index (χ2n) is 5.82. The number of carbonyl (C=O) groups excluding carboxylic acids is 2. The van der Waals surface area contributed by atoms with Crippen LogP contribution in [0.5, 0.6) is 0 Å². The number of rotatable bonds is 5. The Bertz CT molecular complexity index is 579. The molecule has 1 saturated heterocycles. The summed E-state index contributed by atoms with van der Waals surface area (Å²) in [6, 6.07) is 4.56. The molecule has 0 aromatic heterocycles. The normalized spacial score (nSPS) is 14.2. The van der Waals surface area contributed by atoms with Gasteiger partial charge in [-0.05, 0) is 31.7 Å². The lowest BCUT2D eigenvalue weighted by Crippen LogP contribution is -2.49. The summed E-state index contributed by atoms with van der Waals surface area (Å²) in [7, 11) is 1.72. The maximum Gasteiger partial charge on any atom is 0.238 e. The molecule has 1 aliphatic heterocycles. The van der Waals surface area contributed by atoms with E-state index < -0.39 is 0 Å². The zero-order valence-corrected chi connectivity index (χ0v) is 14.8. The van der Waals surface area contributed by atoms with Crippen LogP contribution in [0.15, 0.2) is 18.2 Å². The van der Waals surface area contributed by atoms with Gasteiger partial charge in [0.1, 0.15) is 5.82 Å². The molecule has 0 atom stereocenters. The van der Waals surface area contributed by atoms with Crippen LogP contribution in [0.2, 0.25) is 0 Å². The molecule has 0 spiro atoms. The van der Waals surface area contributed by atoms with Crippen molar-refractivity contribution in [2.24, 2.45) is 0 Å². The van der Waals surface area contributed by atoms with Gasteiger partial charge in [0, 0.05) is 31.9 Å².